The Bertz CT molecular complexity index is 551. The molecule has 0 spiro atoms. The molecule has 19 heavy (non-hydrogen) atoms. The summed E-state index contributed by atoms with van der Waals surface area (Å²) < 4.78 is 1.75. The van der Waals surface area contributed by atoms with E-state index in [2.05, 4.69) is 10.4 Å². The van der Waals surface area contributed by atoms with Crippen LogP contribution < -0.4 is 5.32 Å². The molecule has 0 bridgehead atoms. The van der Waals surface area contributed by atoms with E-state index in [-0.39, 0.29) is 5.91 Å². The Morgan fingerprint density at radius 1 is 1.37 bits per heavy atom. The van der Waals surface area contributed by atoms with Crippen LogP contribution in [-0.2, 0) is 24.3 Å². The monoisotopic (exact) mass is 277 g/mol. The summed E-state index contributed by atoms with van der Waals surface area (Å²) in [6, 6.07) is 9.63. The number of rotatable bonds is 5. The summed E-state index contributed by atoms with van der Waals surface area (Å²) in [5.41, 5.74) is 1.69. The van der Waals surface area contributed by atoms with Crippen molar-refractivity contribution in [1.82, 2.24) is 15.1 Å². The predicted molar refractivity (Wildman–Crippen MR) is 74.9 cm³/mol. The van der Waals surface area contributed by atoms with Gasteiger partial charge in [-0.1, -0.05) is 41.9 Å². The molecule has 0 aliphatic carbocycles. The Kier molecular flexibility index (Phi) is 4.58. The number of benzene rings is 1. The Morgan fingerprint density at radius 2 is 2.11 bits per heavy atom. The van der Waals surface area contributed by atoms with Crippen LogP contribution >= 0.6 is 11.6 Å². The molecule has 1 amide bonds. The smallest absolute Gasteiger partial charge is 0.224 e. The number of aromatic nitrogens is 2. The molecule has 2 rings (SSSR count). The van der Waals surface area contributed by atoms with Crippen molar-refractivity contribution in [1.29, 1.82) is 0 Å². The molecule has 5 heteroatoms. The molecule has 0 saturated carbocycles. The van der Waals surface area contributed by atoms with E-state index in [0.717, 1.165) is 12.1 Å². The molecule has 1 aromatic carbocycles. The van der Waals surface area contributed by atoms with Gasteiger partial charge in [0.25, 0.3) is 0 Å². The third kappa shape index (κ3) is 3.83. The van der Waals surface area contributed by atoms with Gasteiger partial charge in [-0.2, -0.15) is 5.10 Å². The number of aryl methyl sites for hydroxylation is 1. The number of nitrogens with zero attached hydrogens (tertiary/aromatic N) is 2. The van der Waals surface area contributed by atoms with Crippen molar-refractivity contribution < 1.29 is 4.79 Å². The zero-order valence-electron chi connectivity index (χ0n) is 10.8. The number of amides is 1. The maximum Gasteiger partial charge on any atom is 0.224 e. The molecule has 0 radical (unpaired) electrons. The number of carbonyl (C=O) groups excluding carboxylic acids is 1. The van der Waals surface area contributed by atoms with Crippen LogP contribution in [0.5, 0.6) is 0 Å². The number of hydrogen-bond acceptors (Lipinski definition) is 2. The van der Waals surface area contributed by atoms with E-state index in [1.807, 2.05) is 37.3 Å². The summed E-state index contributed by atoms with van der Waals surface area (Å²) in [4.78, 5) is 11.8. The molecule has 0 unspecified atom stereocenters. The van der Waals surface area contributed by atoms with Gasteiger partial charge in [-0.3, -0.25) is 9.48 Å². The average molecular weight is 278 g/mol. The summed E-state index contributed by atoms with van der Waals surface area (Å²) >= 11 is 6.03. The topological polar surface area (TPSA) is 46.9 Å². The molecule has 100 valence electrons. The molecule has 0 aliphatic heterocycles. The van der Waals surface area contributed by atoms with Crippen LogP contribution in [0.25, 0.3) is 0 Å². The van der Waals surface area contributed by atoms with E-state index in [9.17, 15) is 4.79 Å². The summed E-state index contributed by atoms with van der Waals surface area (Å²) in [7, 11) is 0. The van der Waals surface area contributed by atoms with Gasteiger partial charge < -0.3 is 5.32 Å². The van der Waals surface area contributed by atoms with Gasteiger partial charge in [0.05, 0.1) is 18.0 Å². The van der Waals surface area contributed by atoms with Crippen molar-refractivity contribution in [2.24, 2.45) is 0 Å². The van der Waals surface area contributed by atoms with Gasteiger partial charge in [0, 0.05) is 12.7 Å². The van der Waals surface area contributed by atoms with Gasteiger partial charge in [-0.15, -0.1) is 0 Å². The lowest BCUT2D eigenvalue weighted by molar-refractivity contribution is -0.120. The van der Waals surface area contributed by atoms with Gasteiger partial charge in [-0.25, -0.2) is 0 Å². The quantitative estimate of drug-likeness (QED) is 0.912. The maximum absolute atomic E-state index is 11.8. The number of halogens is 1. The lowest BCUT2D eigenvalue weighted by Gasteiger charge is -2.03. The first-order valence-electron chi connectivity index (χ1n) is 6.21. The molecule has 1 aromatic heterocycles. The second-order valence-corrected chi connectivity index (χ2v) is 4.63. The van der Waals surface area contributed by atoms with Crippen molar-refractivity contribution >= 4 is 17.5 Å². The minimum Gasteiger partial charge on any atom is -0.350 e. The summed E-state index contributed by atoms with van der Waals surface area (Å²) in [5, 5.41) is 7.69. The normalized spacial score (nSPS) is 10.4. The molecule has 1 heterocycles. The third-order valence-electron chi connectivity index (χ3n) is 2.77. The number of nitrogens with one attached hydrogen (secondary N) is 1. The Morgan fingerprint density at radius 3 is 2.74 bits per heavy atom. The number of hydrogen-bond donors (Lipinski definition) is 1. The SMILES string of the molecule is CCn1cc(Cl)c(CNC(=O)Cc2ccccc2)n1. The second kappa shape index (κ2) is 6.38. The minimum absolute atomic E-state index is 0.0340. The molecule has 0 saturated heterocycles. The highest BCUT2D eigenvalue weighted by molar-refractivity contribution is 6.31. The van der Waals surface area contributed by atoms with Crippen LogP contribution in [0.1, 0.15) is 18.2 Å². The second-order valence-electron chi connectivity index (χ2n) is 4.22. The van der Waals surface area contributed by atoms with E-state index in [0.29, 0.717) is 23.7 Å². The first-order valence-corrected chi connectivity index (χ1v) is 6.59. The molecular formula is C14H16ClN3O. The van der Waals surface area contributed by atoms with Crippen LogP contribution in [0.4, 0.5) is 0 Å². The third-order valence-corrected chi connectivity index (χ3v) is 3.09. The highest BCUT2D eigenvalue weighted by Crippen LogP contribution is 2.13. The van der Waals surface area contributed by atoms with Crippen molar-refractivity contribution in [3.05, 3.63) is 52.8 Å². The molecular weight excluding hydrogens is 262 g/mol. The molecule has 1 N–H and O–H groups in total. The summed E-state index contributed by atoms with van der Waals surface area (Å²) in [6.45, 7) is 3.11. The first-order chi connectivity index (χ1) is 9.19. The fourth-order valence-corrected chi connectivity index (χ4v) is 1.96. The van der Waals surface area contributed by atoms with E-state index in [1.54, 1.807) is 10.9 Å². The molecule has 2 aromatic rings. The van der Waals surface area contributed by atoms with Gasteiger partial charge in [0.2, 0.25) is 5.91 Å². The predicted octanol–water partition coefficient (Wildman–Crippen LogP) is 2.42. The Hall–Kier alpha value is -1.81. The van der Waals surface area contributed by atoms with Crippen molar-refractivity contribution in [3.63, 3.8) is 0 Å². The largest absolute Gasteiger partial charge is 0.350 e. The van der Waals surface area contributed by atoms with Crippen LogP contribution in [0.2, 0.25) is 5.02 Å². The standard InChI is InChI=1S/C14H16ClN3O/c1-2-18-10-12(15)13(17-18)9-16-14(19)8-11-6-4-3-5-7-11/h3-7,10H,2,8-9H2,1H3,(H,16,19). The van der Waals surface area contributed by atoms with E-state index in [1.165, 1.54) is 0 Å². The van der Waals surface area contributed by atoms with Gasteiger partial charge in [0.1, 0.15) is 5.69 Å². The highest BCUT2D eigenvalue weighted by Gasteiger charge is 2.08. The fourth-order valence-electron chi connectivity index (χ4n) is 1.74. The highest BCUT2D eigenvalue weighted by atomic mass is 35.5. The van der Waals surface area contributed by atoms with Crippen LogP contribution in [0, 0.1) is 0 Å². The van der Waals surface area contributed by atoms with Crippen LogP contribution in [0.15, 0.2) is 36.5 Å². The van der Waals surface area contributed by atoms with Crippen molar-refractivity contribution in [2.75, 3.05) is 0 Å². The van der Waals surface area contributed by atoms with E-state index in [4.69, 9.17) is 11.6 Å². The van der Waals surface area contributed by atoms with Gasteiger partial charge >= 0.3 is 0 Å². The molecule has 4 nitrogen and oxygen atoms in total. The zero-order chi connectivity index (χ0) is 13.7. The van der Waals surface area contributed by atoms with Crippen molar-refractivity contribution in [2.45, 2.75) is 26.4 Å². The summed E-state index contributed by atoms with van der Waals surface area (Å²) in [5.74, 6) is -0.0340. The van der Waals surface area contributed by atoms with Crippen LogP contribution in [0.3, 0.4) is 0 Å². The van der Waals surface area contributed by atoms with E-state index >= 15 is 0 Å². The first kappa shape index (κ1) is 13.6. The lowest BCUT2D eigenvalue weighted by atomic mass is 10.1. The van der Waals surface area contributed by atoms with Crippen molar-refractivity contribution in [3.8, 4) is 0 Å². The van der Waals surface area contributed by atoms with Gasteiger partial charge in [-0.05, 0) is 12.5 Å². The number of carbonyl (C=O) groups is 1. The summed E-state index contributed by atoms with van der Waals surface area (Å²) in [6.07, 6.45) is 2.13. The zero-order valence-corrected chi connectivity index (χ0v) is 11.5. The fraction of sp³-hybridized carbons (Fsp3) is 0.286. The van der Waals surface area contributed by atoms with Crippen LogP contribution in [-0.4, -0.2) is 15.7 Å². The van der Waals surface area contributed by atoms with Gasteiger partial charge in [0.15, 0.2) is 0 Å². The minimum atomic E-state index is -0.0340. The molecule has 0 atom stereocenters. The molecule has 0 fully saturated rings. The lowest BCUT2D eigenvalue weighted by Crippen LogP contribution is -2.25. The van der Waals surface area contributed by atoms with E-state index < -0.39 is 0 Å². The average Bonchev–Trinajstić information content (AvgIpc) is 2.78. The Labute approximate surface area is 117 Å². The maximum atomic E-state index is 11.8. The molecule has 0 aliphatic rings. The Balaban J connectivity index is 1.88.